The molecule has 2 N–H and O–H groups in total. The molecule has 0 aliphatic heterocycles. The average Bonchev–Trinajstić information content (AvgIpc) is 2.31. The van der Waals surface area contributed by atoms with Gasteiger partial charge in [-0.15, -0.1) is 0 Å². The Kier molecular flexibility index (Phi) is 1.54. The van der Waals surface area contributed by atoms with E-state index in [1.54, 1.807) is 0 Å². The number of rotatable bonds is 0. The van der Waals surface area contributed by atoms with Gasteiger partial charge in [0.05, 0.1) is 11.2 Å². The fraction of sp³-hybridized carbons (Fsp3) is 1.00. The van der Waals surface area contributed by atoms with Crippen molar-refractivity contribution in [2.45, 2.75) is 50.7 Å². The van der Waals surface area contributed by atoms with Crippen LogP contribution in [-0.2, 0) is 0 Å². The first-order chi connectivity index (χ1) is 6.45. The second-order valence-corrected chi connectivity index (χ2v) is 6.03. The maximum absolute atomic E-state index is 10.5. The van der Waals surface area contributed by atoms with Crippen molar-refractivity contribution in [1.29, 1.82) is 0 Å². The van der Waals surface area contributed by atoms with Gasteiger partial charge in [-0.1, -0.05) is 0 Å². The molecule has 4 bridgehead atoms. The van der Waals surface area contributed by atoms with Gasteiger partial charge in [-0.3, -0.25) is 0 Å². The number of hydrogen-bond acceptors (Lipinski definition) is 2. The van der Waals surface area contributed by atoms with Crippen molar-refractivity contribution in [1.82, 2.24) is 0 Å². The van der Waals surface area contributed by atoms with Crippen LogP contribution in [0.4, 0.5) is 0 Å². The number of hydrogen-bond donors (Lipinski definition) is 2. The van der Waals surface area contributed by atoms with Gasteiger partial charge in [0.2, 0.25) is 0 Å². The van der Waals surface area contributed by atoms with Crippen molar-refractivity contribution in [2.24, 2.45) is 23.7 Å². The first kappa shape index (κ1) is 9.17. The Bertz CT molecular complexity index is 217. The average molecular weight is 196 g/mol. The van der Waals surface area contributed by atoms with Gasteiger partial charge in [-0.25, -0.2) is 0 Å². The minimum Gasteiger partial charge on any atom is -0.390 e. The van der Waals surface area contributed by atoms with Crippen LogP contribution in [-0.4, -0.2) is 21.4 Å². The van der Waals surface area contributed by atoms with Crippen molar-refractivity contribution in [2.75, 3.05) is 0 Å². The lowest BCUT2D eigenvalue weighted by atomic mass is 9.62. The highest BCUT2D eigenvalue weighted by molar-refractivity contribution is 5.16. The van der Waals surface area contributed by atoms with E-state index in [2.05, 4.69) is 0 Å². The van der Waals surface area contributed by atoms with E-state index in [1.165, 1.54) is 0 Å². The van der Waals surface area contributed by atoms with Crippen molar-refractivity contribution in [3.05, 3.63) is 0 Å². The summed E-state index contributed by atoms with van der Waals surface area (Å²) in [6, 6.07) is 0. The van der Waals surface area contributed by atoms with Gasteiger partial charge in [0.15, 0.2) is 0 Å². The van der Waals surface area contributed by atoms with E-state index in [9.17, 15) is 10.2 Å². The van der Waals surface area contributed by atoms with Gasteiger partial charge in [0.25, 0.3) is 0 Å². The lowest BCUT2D eigenvalue weighted by molar-refractivity contribution is -0.164. The highest BCUT2D eigenvalue weighted by atomic mass is 16.3. The van der Waals surface area contributed by atoms with Gasteiger partial charge in [0.1, 0.15) is 0 Å². The zero-order valence-electron chi connectivity index (χ0n) is 9.03. The molecule has 3 aliphatic carbocycles. The van der Waals surface area contributed by atoms with E-state index in [0.717, 1.165) is 25.7 Å². The number of aliphatic hydroxyl groups is 2. The molecule has 0 aromatic carbocycles. The maximum atomic E-state index is 10.5. The topological polar surface area (TPSA) is 40.5 Å². The summed E-state index contributed by atoms with van der Waals surface area (Å²) in [5.41, 5.74) is -0.984. The van der Waals surface area contributed by atoms with Crippen molar-refractivity contribution in [3.8, 4) is 0 Å². The Morgan fingerprint density at radius 2 is 0.929 bits per heavy atom. The Labute approximate surface area is 85.3 Å². The lowest BCUT2D eigenvalue weighted by Crippen LogP contribution is -2.56. The summed E-state index contributed by atoms with van der Waals surface area (Å²) in [6.45, 7) is 3.99. The van der Waals surface area contributed by atoms with Gasteiger partial charge >= 0.3 is 0 Å². The van der Waals surface area contributed by atoms with E-state index < -0.39 is 11.2 Å². The molecule has 4 unspecified atom stereocenters. The molecule has 0 aromatic heterocycles. The molecule has 3 aliphatic rings. The Morgan fingerprint density at radius 1 is 0.714 bits per heavy atom. The van der Waals surface area contributed by atoms with Gasteiger partial charge in [-0.2, -0.15) is 0 Å². The van der Waals surface area contributed by atoms with Crippen LogP contribution in [0.15, 0.2) is 0 Å². The minimum absolute atomic E-state index is 0.348. The van der Waals surface area contributed by atoms with Crippen LogP contribution < -0.4 is 0 Å². The zero-order valence-corrected chi connectivity index (χ0v) is 9.03. The summed E-state index contributed by atoms with van der Waals surface area (Å²) in [5, 5.41) is 21.0. The standard InChI is InChI=1S/C12H20O2/c1-11(13)7-3-4-8(11)10-6-5-9(7)12(10,2)14/h7-10,13-14H,3-6H2,1-2H3. The largest absolute Gasteiger partial charge is 0.390 e. The molecule has 4 atom stereocenters. The van der Waals surface area contributed by atoms with Crippen LogP contribution >= 0.6 is 0 Å². The SMILES string of the molecule is CC1(O)C2CCC1C1CCC2C1(C)O. The molecule has 0 spiro atoms. The Morgan fingerprint density at radius 3 is 1.14 bits per heavy atom. The van der Waals surface area contributed by atoms with E-state index in [1.807, 2.05) is 13.8 Å². The molecule has 0 radical (unpaired) electrons. The van der Waals surface area contributed by atoms with Crippen LogP contribution in [0.2, 0.25) is 0 Å². The summed E-state index contributed by atoms with van der Waals surface area (Å²) in [7, 11) is 0. The molecular formula is C12H20O2. The molecule has 0 amide bonds. The molecule has 0 aromatic rings. The highest BCUT2D eigenvalue weighted by Gasteiger charge is 2.66. The third kappa shape index (κ3) is 0.809. The van der Waals surface area contributed by atoms with Crippen LogP contribution in [0.25, 0.3) is 0 Å². The molecule has 0 heterocycles. The second-order valence-electron chi connectivity index (χ2n) is 6.03. The molecule has 14 heavy (non-hydrogen) atoms. The quantitative estimate of drug-likeness (QED) is 0.617. The maximum Gasteiger partial charge on any atom is 0.0683 e. The van der Waals surface area contributed by atoms with Crippen molar-refractivity contribution in [3.63, 3.8) is 0 Å². The monoisotopic (exact) mass is 196 g/mol. The molecule has 0 saturated heterocycles. The Balaban J connectivity index is 2.08. The van der Waals surface area contributed by atoms with E-state index in [0.29, 0.717) is 23.7 Å². The van der Waals surface area contributed by atoms with Crippen LogP contribution in [0.3, 0.4) is 0 Å². The van der Waals surface area contributed by atoms with Crippen LogP contribution in [0.1, 0.15) is 39.5 Å². The predicted octanol–water partition coefficient (Wildman–Crippen LogP) is 1.55. The van der Waals surface area contributed by atoms with E-state index in [-0.39, 0.29) is 0 Å². The third-order valence-electron chi connectivity index (χ3n) is 5.55. The summed E-state index contributed by atoms with van der Waals surface area (Å²) < 4.78 is 0. The van der Waals surface area contributed by atoms with Crippen LogP contribution in [0, 0.1) is 23.7 Å². The number of fused-ring (bicyclic) bond motifs is 6. The molecule has 2 heteroatoms. The van der Waals surface area contributed by atoms with Crippen molar-refractivity contribution >= 4 is 0 Å². The lowest BCUT2D eigenvalue weighted by Gasteiger charge is -2.49. The molecule has 3 fully saturated rings. The fourth-order valence-corrected chi connectivity index (χ4v) is 4.87. The van der Waals surface area contributed by atoms with E-state index >= 15 is 0 Å². The summed E-state index contributed by atoms with van der Waals surface area (Å²) in [6.07, 6.45) is 4.48. The predicted molar refractivity (Wildman–Crippen MR) is 53.7 cm³/mol. The summed E-state index contributed by atoms with van der Waals surface area (Å²) in [4.78, 5) is 0. The first-order valence-electron chi connectivity index (χ1n) is 5.90. The third-order valence-corrected chi connectivity index (χ3v) is 5.55. The minimum atomic E-state index is -0.492. The second kappa shape index (κ2) is 2.35. The molecule has 80 valence electrons. The van der Waals surface area contributed by atoms with Gasteiger partial charge in [0, 0.05) is 0 Å². The molecular weight excluding hydrogens is 176 g/mol. The zero-order chi connectivity index (χ0) is 10.1. The van der Waals surface area contributed by atoms with Gasteiger partial charge in [-0.05, 0) is 63.2 Å². The summed E-state index contributed by atoms with van der Waals surface area (Å²) >= 11 is 0. The molecule has 3 rings (SSSR count). The van der Waals surface area contributed by atoms with E-state index in [4.69, 9.17) is 0 Å². The highest BCUT2D eigenvalue weighted by Crippen LogP contribution is 2.64. The first-order valence-corrected chi connectivity index (χ1v) is 5.90. The van der Waals surface area contributed by atoms with Crippen molar-refractivity contribution < 1.29 is 10.2 Å². The Hall–Kier alpha value is -0.0800. The fourth-order valence-electron chi connectivity index (χ4n) is 4.87. The van der Waals surface area contributed by atoms with Gasteiger partial charge < -0.3 is 10.2 Å². The van der Waals surface area contributed by atoms with Crippen LogP contribution in [0.5, 0.6) is 0 Å². The summed E-state index contributed by atoms with van der Waals surface area (Å²) in [5.74, 6) is 1.39. The molecule has 3 saturated carbocycles. The molecule has 2 nitrogen and oxygen atoms in total. The smallest absolute Gasteiger partial charge is 0.0683 e. The normalized spacial score (nSPS) is 66.0.